The number of rotatable bonds is 2. The number of aromatic nitrogens is 3. The second-order valence-corrected chi connectivity index (χ2v) is 7.91. The summed E-state index contributed by atoms with van der Waals surface area (Å²) in [6.07, 6.45) is 8.86. The van der Waals surface area contributed by atoms with E-state index in [0.29, 0.717) is 11.4 Å². The van der Waals surface area contributed by atoms with Gasteiger partial charge in [-0.15, -0.1) is 0 Å². The van der Waals surface area contributed by atoms with Gasteiger partial charge < -0.3 is 14.4 Å². The fourth-order valence-electron chi connectivity index (χ4n) is 4.93. The highest BCUT2D eigenvalue weighted by molar-refractivity contribution is 5.55. The normalized spacial score (nSPS) is 28.6. The first kappa shape index (κ1) is 15.3. The van der Waals surface area contributed by atoms with Crippen LogP contribution in [0.5, 0.6) is 0 Å². The van der Waals surface area contributed by atoms with Crippen LogP contribution < -0.4 is 5.56 Å². The van der Waals surface area contributed by atoms with Gasteiger partial charge in [0.2, 0.25) is 11.7 Å². The predicted molar refractivity (Wildman–Crippen MR) is 93.6 cm³/mol. The molecule has 1 aliphatic carbocycles. The van der Waals surface area contributed by atoms with Gasteiger partial charge in [-0.05, 0) is 76.1 Å². The Labute approximate surface area is 146 Å². The molecule has 2 fully saturated rings. The van der Waals surface area contributed by atoms with Gasteiger partial charge in [-0.25, -0.2) is 0 Å². The molecule has 0 radical (unpaired) electrons. The molecule has 0 aromatic carbocycles. The summed E-state index contributed by atoms with van der Waals surface area (Å²) in [5.41, 5.74) is 2.75. The summed E-state index contributed by atoms with van der Waals surface area (Å²) in [7, 11) is 0. The molecule has 6 heteroatoms. The summed E-state index contributed by atoms with van der Waals surface area (Å²) in [5, 5.41) is 4.19. The van der Waals surface area contributed by atoms with Crippen LogP contribution in [-0.2, 0) is 18.3 Å². The Hall–Kier alpha value is -1.95. The molecule has 2 saturated heterocycles. The van der Waals surface area contributed by atoms with Crippen LogP contribution in [0.15, 0.2) is 15.4 Å². The van der Waals surface area contributed by atoms with E-state index in [2.05, 4.69) is 15.0 Å². The first-order valence-electron chi connectivity index (χ1n) is 9.56. The summed E-state index contributed by atoms with van der Waals surface area (Å²) in [6, 6.07) is 1.98. The topological polar surface area (TPSA) is 75.0 Å². The van der Waals surface area contributed by atoms with Crippen LogP contribution in [0.1, 0.15) is 55.7 Å². The van der Waals surface area contributed by atoms with Gasteiger partial charge >= 0.3 is 0 Å². The number of hydrogen-bond acceptors (Lipinski definition) is 5. The first-order valence-corrected chi connectivity index (χ1v) is 9.56. The van der Waals surface area contributed by atoms with Crippen molar-refractivity contribution >= 4 is 0 Å². The standard InChI is InChI=1S/C19H24N4O2/c24-17-14(11-13-5-1-2-6-15(13)20-17)16-21-18(25-22-16)19-7-3-9-23(12-19)10-4-8-19/h11H,1-10,12H2,(H,20,24). The third-order valence-corrected chi connectivity index (χ3v) is 6.24. The maximum absolute atomic E-state index is 12.5. The van der Waals surface area contributed by atoms with E-state index in [1.165, 1.54) is 37.9 Å². The molecule has 0 amide bonds. The Morgan fingerprint density at radius 3 is 2.76 bits per heavy atom. The van der Waals surface area contributed by atoms with Crippen molar-refractivity contribution in [3.63, 3.8) is 0 Å². The van der Waals surface area contributed by atoms with Gasteiger partial charge in [-0.2, -0.15) is 4.98 Å². The lowest BCUT2D eigenvalue weighted by molar-refractivity contribution is 0.0711. The van der Waals surface area contributed by atoms with E-state index >= 15 is 0 Å². The molecule has 0 saturated carbocycles. The monoisotopic (exact) mass is 340 g/mol. The average molecular weight is 340 g/mol. The van der Waals surface area contributed by atoms with Gasteiger partial charge in [-0.1, -0.05) is 5.16 Å². The zero-order chi connectivity index (χ0) is 16.9. The molecule has 5 rings (SSSR count). The van der Waals surface area contributed by atoms with Gasteiger partial charge in [0.15, 0.2) is 0 Å². The third kappa shape index (κ3) is 2.54. The highest BCUT2D eigenvalue weighted by Gasteiger charge is 2.44. The molecule has 25 heavy (non-hydrogen) atoms. The SMILES string of the molecule is O=c1[nH]c2c(cc1-c1noc(C34CCCN(CCC3)C4)n1)CCCC2. The van der Waals surface area contributed by atoms with Gasteiger partial charge in [0, 0.05) is 12.2 Å². The average Bonchev–Trinajstić information content (AvgIpc) is 3.12. The molecule has 2 aromatic heterocycles. The van der Waals surface area contributed by atoms with Crippen LogP contribution in [0.25, 0.3) is 11.4 Å². The molecule has 0 unspecified atom stereocenters. The molecule has 1 N–H and O–H groups in total. The maximum Gasteiger partial charge on any atom is 0.259 e. The molecular formula is C19H24N4O2. The largest absolute Gasteiger partial charge is 0.338 e. The zero-order valence-electron chi connectivity index (χ0n) is 14.5. The molecule has 6 nitrogen and oxygen atoms in total. The number of aromatic amines is 1. The number of nitrogens with zero attached hydrogens (tertiary/aromatic N) is 3. The first-order chi connectivity index (χ1) is 12.2. The quantitative estimate of drug-likeness (QED) is 0.909. The van der Waals surface area contributed by atoms with Crippen molar-refractivity contribution in [1.82, 2.24) is 20.0 Å². The lowest BCUT2D eigenvalue weighted by Gasteiger charge is -2.44. The van der Waals surface area contributed by atoms with Crippen LogP contribution in [0.2, 0.25) is 0 Å². The molecule has 132 valence electrons. The van der Waals surface area contributed by atoms with E-state index in [1.54, 1.807) is 0 Å². The highest BCUT2D eigenvalue weighted by Crippen LogP contribution is 2.40. The van der Waals surface area contributed by atoms with Crippen molar-refractivity contribution in [2.45, 2.75) is 56.8 Å². The molecule has 0 atom stereocenters. The van der Waals surface area contributed by atoms with E-state index in [-0.39, 0.29) is 11.0 Å². The summed E-state index contributed by atoms with van der Waals surface area (Å²) >= 11 is 0. The second kappa shape index (κ2) is 5.80. The van der Waals surface area contributed by atoms with E-state index in [0.717, 1.165) is 50.2 Å². The van der Waals surface area contributed by atoms with Crippen LogP contribution in [0, 0.1) is 0 Å². The van der Waals surface area contributed by atoms with E-state index in [9.17, 15) is 4.79 Å². The second-order valence-electron chi connectivity index (χ2n) is 7.91. The van der Waals surface area contributed by atoms with Gasteiger partial charge in [-0.3, -0.25) is 4.79 Å². The minimum Gasteiger partial charge on any atom is -0.338 e. The summed E-state index contributed by atoms with van der Waals surface area (Å²) in [4.78, 5) is 22.7. The highest BCUT2D eigenvalue weighted by atomic mass is 16.5. The van der Waals surface area contributed by atoms with Crippen molar-refractivity contribution < 1.29 is 4.52 Å². The van der Waals surface area contributed by atoms with Crippen LogP contribution >= 0.6 is 0 Å². The van der Waals surface area contributed by atoms with Gasteiger partial charge in [0.25, 0.3) is 5.56 Å². The fraction of sp³-hybridized carbons (Fsp3) is 0.632. The Kier molecular flexibility index (Phi) is 3.55. The van der Waals surface area contributed by atoms with E-state index in [4.69, 9.17) is 9.51 Å². The van der Waals surface area contributed by atoms with Crippen molar-refractivity contribution in [2.24, 2.45) is 0 Å². The van der Waals surface area contributed by atoms with Crippen LogP contribution in [0.3, 0.4) is 0 Å². The number of nitrogens with one attached hydrogen (secondary N) is 1. The summed E-state index contributed by atoms with van der Waals surface area (Å²) in [6.45, 7) is 3.36. The number of hydrogen-bond donors (Lipinski definition) is 1. The lowest BCUT2D eigenvalue weighted by Crippen LogP contribution is -2.50. The van der Waals surface area contributed by atoms with Gasteiger partial charge in [0.1, 0.15) is 0 Å². The minimum absolute atomic E-state index is 0.0112. The zero-order valence-corrected chi connectivity index (χ0v) is 14.5. The molecule has 2 aliphatic heterocycles. The Balaban J connectivity index is 1.52. The van der Waals surface area contributed by atoms with Crippen molar-refractivity contribution in [3.8, 4) is 11.4 Å². The third-order valence-electron chi connectivity index (χ3n) is 6.24. The van der Waals surface area contributed by atoms with E-state index < -0.39 is 0 Å². The molecule has 3 aliphatic rings. The molecule has 4 heterocycles. The van der Waals surface area contributed by atoms with Crippen LogP contribution in [-0.4, -0.2) is 39.7 Å². The number of aryl methyl sites for hydroxylation is 2. The van der Waals surface area contributed by atoms with Crippen LogP contribution in [0.4, 0.5) is 0 Å². The molecule has 0 spiro atoms. The van der Waals surface area contributed by atoms with Crippen molar-refractivity contribution in [1.29, 1.82) is 0 Å². The number of pyridine rings is 1. The fourth-order valence-corrected chi connectivity index (χ4v) is 4.93. The summed E-state index contributed by atoms with van der Waals surface area (Å²) < 4.78 is 5.69. The van der Waals surface area contributed by atoms with Crippen molar-refractivity contribution in [3.05, 3.63) is 33.6 Å². The van der Waals surface area contributed by atoms with E-state index in [1.807, 2.05) is 6.07 Å². The minimum atomic E-state index is -0.0978. The Morgan fingerprint density at radius 2 is 1.92 bits per heavy atom. The number of fused-ring (bicyclic) bond motifs is 3. The maximum atomic E-state index is 12.5. The molecule has 2 aromatic rings. The smallest absolute Gasteiger partial charge is 0.259 e. The molecule has 2 bridgehead atoms. The Bertz CT molecular complexity index is 843. The Morgan fingerprint density at radius 1 is 1.12 bits per heavy atom. The van der Waals surface area contributed by atoms with Crippen molar-refractivity contribution in [2.75, 3.05) is 19.6 Å². The van der Waals surface area contributed by atoms with Gasteiger partial charge in [0.05, 0.1) is 11.0 Å². The number of H-pyrrole nitrogens is 1. The number of piperidine rings is 2. The molecular weight excluding hydrogens is 316 g/mol. The lowest BCUT2D eigenvalue weighted by atomic mass is 9.73. The summed E-state index contributed by atoms with van der Waals surface area (Å²) in [5.74, 6) is 1.17. The predicted octanol–water partition coefficient (Wildman–Crippen LogP) is 2.43.